The molecular formula is C23H27NO. The molecule has 0 bridgehead atoms. The first kappa shape index (κ1) is 17.4. The standard InChI is InChI=1S/C23H27NO/c1-10-11-19-14(4)16(6)21-23(18(19)8)25-22-17(7)13(3)12(2)15(5)20(22)24(21)9/h1-9H3. The average molecular weight is 333 g/mol. The Bertz CT molecular complexity index is 971. The molecule has 2 aromatic carbocycles. The van der Waals surface area contributed by atoms with Crippen LogP contribution in [0.25, 0.3) is 0 Å². The van der Waals surface area contributed by atoms with Crippen LogP contribution >= 0.6 is 0 Å². The molecule has 130 valence electrons. The molecule has 1 aliphatic heterocycles. The highest BCUT2D eigenvalue weighted by Crippen LogP contribution is 2.54. The maximum Gasteiger partial charge on any atom is 0.155 e. The van der Waals surface area contributed by atoms with E-state index in [0.29, 0.717) is 0 Å². The van der Waals surface area contributed by atoms with E-state index < -0.39 is 0 Å². The Labute approximate surface area is 151 Å². The molecule has 0 fully saturated rings. The van der Waals surface area contributed by atoms with Gasteiger partial charge in [-0.15, -0.1) is 5.92 Å². The number of nitrogens with zero attached hydrogens (tertiary/aromatic N) is 1. The molecule has 0 aromatic heterocycles. The monoisotopic (exact) mass is 333 g/mol. The van der Waals surface area contributed by atoms with Crippen LogP contribution in [-0.4, -0.2) is 7.05 Å². The van der Waals surface area contributed by atoms with Gasteiger partial charge >= 0.3 is 0 Å². The van der Waals surface area contributed by atoms with Crippen LogP contribution in [0.15, 0.2) is 0 Å². The van der Waals surface area contributed by atoms with Gasteiger partial charge < -0.3 is 9.64 Å². The van der Waals surface area contributed by atoms with Crippen molar-refractivity contribution in [1.82, 2.24) is 0 Å². The van der Waals surface area contributed by atoms with E-state index in [0.717, 1.165) is 28.3 Å². The van der Waals surface area contributed by atoms with E-state index in [4.69, 9.17) is 4.74 Å². The minimum atomic E-state index is 0.946. The number of rotatable bonds is 0. The molecule has 0 radical (unpaired) electrons. The van der Waals surface area contributed by atoms with Crippen LogP contribution in [0, 0.1) is 60.3 Å². The lowest BCUT2D eigenvalue weighted by Crippen LogP contribution is -2.21. The van der Waals surface area contributed by atoms with Gasteiger partial charge in [-0.2, -0.15) is 0 Å². The van der Waals surface area contributed by atoms with Gasteiger partial charge in [0.05, 0.1) is 11.4 Å². The predicted molar refractivity (Wildman–Crippen MR) is 107 cm³/mol. The highest BCUT2D eigenvalue weighted by atomic mass is 16.5. The molecule has 0 saturated carbocycles. The normalized spacial score (nSPS) is 12.1. The van der Waals surface area contributed by atoms with Crippen LogP contribution in [0.5, 0.6) is 11.5 Å². The van der Waals surface area contributed by atoms with Crippen LogP contribution in [0.4, 0.5) is 11.4 Å². The van der Waals surface area contributed by atoms with Crippen LogP contribution in [0.3, 0.4) is 0 Å². The van der Waals surface area contributed by atoms with Gasteiger partial charge in [0.15, 0.2) is 11.5 Å². The van der Waals surface area contributed by atoms with Gasteiger partial charge in [0.2, 0.25) is 0 Å². The summed E-state index contributed by atoms with van der Waals surface area (Å²) in [4.78, 5) is 2.31. The van der Waals surface area contributed by atoms with E-state index in [-0.39, 0.29) is 0 Å². The average Bonchev–Trinajstić information content (AvgIpc) is 2.59. The van der Waals surface area contributed by atoms with Crippen molar-refractivity contribution < 1.29 is 4.74 Å². The van der Waals surface area contributed by atoms with Gasteiger partial charge in [-0.1, -0.05) is 5.92 Å². The number of hydrogen-bond acceptors (Lipinski definition) is 2. The summed E-state index contributed by atoms with van der Waals surface area (Å²) in [5, 5.41) is 0. The van der Waals surface area contributed by atoms with Crippen molar-refractivity contribution in [2.45, 2.75) is 55.4 Å². The fourth-order valence-electron chi connectivity index (χ4n) is 3.95. The quantitative estimate of drug-likeness (QED) is 0.541. The van der Waals surface area contributed by atoms with Gasteiger partial charge in [-0.3, -0.25) is 0 Å². The van der Waals surface area contributed by atoms with Crippen molar-refractivity contribution in [3.05, 3.63) is 44.5 Å². The van der Waals surface area contributed by atoms with Crippen molar-refractivity contribution in [3.8, 4) is 23.3 Å². The number of hydrogen-bond donors (Lipinski definition) is 0. The predicted octanol–water partition coefficient (Wildman–Crippen LogP) is 6.09. The minimum absolute atomic E-state index is 0.946. The van der Waals surface area contributed by atoms with Crippen LogP contribution < -0.4 is 9.64 Å². The van der Waals surface area contributed by atoms with E-state index >= 15 is 0 Å². The number of anilines is 2. The summed E-state index contributed by atoms with van der Waals surface area (Å²) in [6.07, 6.45) is 0. The summed E-state index contributed by atoms with van der Waals surface area (Å²) in [5.74, 6) is 8.25. The summed E-state index contributed by atoms with van der Waals surface area (Å²) in [7, 11) is 2.15. The number of benzene rings is 2. The Morgan fingerprint density at radius 1 is 0.640 bits per heavy atom. The number of ether oxygens (including phenoxy) is 1. The Morgan fingerprint density at radius 2 is 1.12 bits per heavy atom. The molecule has 0 aliphatic carbocycles. The first-order chi connectivity index (χ1) is 11.7. The van der Waals surface area contributed by atoms with Crippen molar-refractivity contribution in [3.63, 3.8) is 0 Å². The Balaban J connectivity index is 2.40. The summed E-state index contributed by atoms with van der Waals surface area (Å²) in [6, 6.07) is 0. The first-order valence-electron chi connectivity index (χ1n) is 8.80. The van der Waals surface area contributed by atoms with E-state index in [1.165, 1.54) is 39.1 Å². The van der Waals surface area contributed by atoms with Gasteiger partial charge in [-0.05, 0) is 88.8 Å². The minimum Gasteiger partial charge on any atom is -0.452 e. The van der Waals surface area contributed by atoms with E-state index in [1.807, 2.05) is 6.92 Å². The molecule has 2 heteroatoms. The molecule has 0 atom stereocenters. The molecule has 0 N–H and O–H groups in total. The van der Waals surface area contributed by atoms with Gasteiger partial charge in [0, 0.05) is 18.2 Å². The second-order valence-electron chi connectivity index (χ2n) is 7.14. The smallest absolute Gasteiger partial charge is 0.155 e. The molecule has 25 heavy (non-hydrogen) atoms. The third kappa shape index (κ3) is 2.26. The highest BCUT2D eigenvalue weighted by Gasteiger charge is 2.31. The zero-order chi connectivity index (χ0) is 18.6. The fraction of sp³-hybridized carbons (Fsp3) is 0.391. The lowest BCUT2D eigenvalue weighted by Gasteiger charge is -2.36. The largest absolute Gasteiger partial charge is 0.452 e. The molecule has 2 aromatic rings. The Hall–Kier alpha value is -2.40. The maximum absolute atomic E-state index is 6.54. The van der Waals surface area contributed by atoms with Crippen molar-refractivity contribution in [2.75, 3.05) is 11.9 Å². The molecule has 0 spiro atoms. The van der Waals surface area contributed by atoms with E-state index in [2.05, 4.69) is 72.3 Å². The molecule has 2 nitrogen and oxygen atoms in total. The van der Waals surface area contributed by atoms with Gasteiger partial charge in [-0.25, -0.2) is 0 Å². The molecule has 1 aliphatic rings. The zero-order valence-corrected chi connectivity index (χ0v) is 16.9. The molecule has 1 heterocycles. The van der Waals surface area contributed by atoms with Crippen LogP contribution in [0.2, 0.25) is 0 Å². The maximum atomic E-state index is 6.54. The molecular weight excluding hydrogens is 306 g/mol. The van der Waals surface area contributed by atoms with Crippen molar-refractivity contribution in [1.29, 1.82) is 0 Å². The molecule has 0 saturated heterocycles. The second-order valence-corrected chi connectivity index (χ2v) is 7.14. The molecule has 0 amide bonds. The summed E-state index contributed by atoms with van der Waals surface area (Å²) in [5.41, 5.74) is 12.2. The summed E-state index contributed by atoms with van der Waals surface area (Å²) in [6.45, 7) is 17.1. The molecule has 0 unspecified atom stereocenters. The second kappa shape index (κ2) is 5.85. The first-order valence-corrected chi connectivity index (χ1v) is 8.80. The molecule has 3 rings (SSSR count). The Kier molecular flexibility index (Phi) is 4.07. The number of fused-ring (bicyclic) bond motifs is 2. The van der Waals surface area contributed by atoms with Gasteiger partial charge in [0.25, 0.3) is 0 Å². The van der Waals surface area contributed by atoms with E-state index in [9.17, 15) is 0 Å². The zero-order valence-electron chi connectivity index (χ0n) is 16.9. The third-order valence-corrected chi connectivity index (χ3v) is 5.95. The highest BCUT2D eigenvalue weighted by molar-refractivity contribution is 5.86. The topological polar surface area (TPSA) is 12.5 Å². The summed E-state index contributed by atoms with van der Waals surface area (Å²) < 4.78 is 6.54. The fourth-order valence-corrected chi connectivity index (χ4v) is 3.95. The van der Waals surface area contributed by atoms with Crippen molar-refractivity contribution in [2.24, 2.45) is 0 Å². The van der Waals surface area contributed by atoms with E-state index in [1.54, 1.807) is 0 Å². The van der Waals surface area contributed by atoms with Crippen LogP contribution in [0.1, 0.15) is 51.4 Å². The third-order valence-electron chi connectivity index (χ3n) is 5.95. The van der Waals surface area contributed by atoms with Crippen molar-refractivity contribution >= 4 is 11.4 Å². The van der Waals surface area contributed by atoms with Crippen LogP contribution in [-0.2, 0) is 0 Å². The SMILES string of the molecule is CC#Cc1c(C)c(C)c2c(c1C)Oc1c(C)c(C)c(C)c(C)c1N2C. The van der Waals surface area contributed by atoms with Gasteiger partial charge in [0.1, 0.15) is 0 Å². The lowest BCUT2D eigenvalue weighted by molar-refractivity contribution is 0.466. The summed E-state index contributed by atoms with van der Waals surface area (Å²) >= 11 is 0. The Morgan fingerprint density at radius 3 is 1.68 bits per heavy atom. The lowest BCUT2D eigenvalue weighted by atomic mass is 9.91.